The van der Waals surface area contributed by atoms with E-state index in [1.165, 1.54) is 12.1 Å². The quantitative estimate of drug-likeness (QED) is 0.871. The normalized spacial score (nSPS) is 18.9. The van der Waals surface area contributed by atoms with Crippen LogP contribution in [0.1, 0.15) is 6.92 Å². The van der Waals surface area contributed by atoms with Gasteiger partial charge in [0.2, 0.25) is 5.91 Å². The number of rotatable bonds is 4. The predicted octanol–water partition coefficient (Wildman–Crippen LogP) is 2.24. The van der Waals surface area contributed by atoms with E-state index in [2.05, 4.69) is 15.4 Å². The van der Waals surface area contributed by atoms with Crippen LogP contribution >= 0.6 is 12.4 Å². The van der Waals surface area contributed by atoms with Crippen LogP contribution in [0.3, 0.4) is 0 Å². The maximum atomic E-state index is 12.0. The molecule has 0 aromatic heterocycles. The Morgan fingerprint density at radius 1 is 1.39 bits per heavy atom. The van der Waals surface area contributed by atoms with Crippen molar-refractivity contribution in [2.45, 2.75) is 19.3 Å². The predicted molar refractivity (Wildman–Crippen MR) is 82.9 cm³/mol. The number of piperazine rings is 1. The second-order valence-electron chi connectivity index (χ2n) is 5.14. The lowest BCUT2D eigenvalue weighted by atomic mass is 10.2. The van der Waals surface area contributed by atoms with Crippen LogP contribution < -0.4 is 15.4 Å². The lowest BCUT2D eigenvalue weighted by molar-refractivity contribution is -0.274. The van der Waals surface area contributed by atoms with E-state index in [0.717, 1.165) is 31.8 Å². The number of ether oxygens (including phenoxy) is 1. The summed E-state index contributed by atoms with van der Waals surface area (Å²) in [6, 6.07) is 5.34. The van der Waals surface area contributed by atoms with Crippen LogP contribution in [0, 0.1) is 0 Å². The van der Waals surface area contributed by atoms with Crippen molar-refractivity contribution in [3.05, 3.63) is 24.3 Å². The molecule has 1 aliphatic rings. The molecule has 0 unspecified atom stereocenters. The first-order valence-electron chi connectivity index (χ1n) is 6.94. The second-order valence-corrected chi connectivity index (χ2v) is 5.14. The van der Waals surface area contributed by atoms with Gasteiger partial charge in [-0.05, 0) is 31.2 Å². The molecule has 2 rings (SSSR count). The van der Waals surface area contributed by atoms with Gasteiger partial charge in [0, 0.05) is 31.4 Å². The highest BCUT2D eigenvalue weighted by molar-refractivity contribution is 5.92. The highest BCUT2D eigenvalue weighted by Gasteiger charge is 2.31. The van der Waals surface area contributed by atoms with E-state index in [0.29, 0.717) is 5.69 Å². The molecule has 1 aromatic carbocycles. The lowest BCUT2D eigenvalue weighted by Crippen LogP contribution is -2.51. The molecule has 1 heterocycles. The van der Waals surface area contributed by atoms with Gasteiger partial charge in [-0.2, -0.15) is 0 Å². The van der Waals surface area contributed by atoms with E-state index >= 15 is 0 Å². The van der Waals surface area contributed by atoms with E-state index < -0.39 is 6.36 Å². The number of carbonyl (C=O) groups excluding carboxylic acids is 1. The number of nitrogens with one attached hydrogen (secondary N) is 2. The Balaban J connectivity index is 0.00000264. The van der Waals surface area contributed by atoms with E-state index in [4.69, 9.17) is 0 Å². The number of hydrogen-bond acceptors (Lipinski definition) is 4. The molecule has 1 saturated heterocycles. The molecule has 0 radical (unpaired) electrons. The van der Waals surface area contributed by atoms with Gasteiger partial charge in [-0.15, -0.1) is 25.6 Å². The molecule has 23 heavy (non-hydrogen) atoms. The average Bonchev–Trinajstić information content (AvgIpc) is 2.42. The summed E-state index contributed by atoms with van der Waals surface area (Å²) in [5.41, 5.74) is 0.433. The zero-order chi connectivity index (χ0) is 16.2. The van der Waals surface area contributed by atoms with Crippen molar-refractivity contribution < 1.29 is 22.7 Å². The molecular formula is C14H19ClF3N3O2. The Bertz CT molecular complexity index is 511. The number of halogens is 4. The smallest absolute Gasteiger partial charge is 0.406 e. The molecule has 0 bridgehead atoms. The van der Waals surface area contributed by atoms with Crippen LogP contribution in [0.5, 0.6) is 5.75 Å². The van der Waals surface area contributed by atoms with E-state index in [1.54, 1.807) is 0 Å². The van der Waals surface area contributed by atoms with E-state index in [9.17, 15) is 18.0 Å². The molecule has 0 aliphatic carbocycles. The number of hydrogen-bond donors (Lipinski definition) is 2. The van der Waals surface area contributed by atoms with Crippen molar-refractivity contribution in [3.63, 3.8) is 0 Å². The Kier molecular flexibility index (Phi) is 7.11. The maximum Gasteiger partial charge on any atom is 0.573 e. The van der Waals surface area contributed by atoms with Crippen LogP contribution in [0.2, 0.25) is 0 Å². The molecule has 130 valence electrons. The number of benzene rings is 1. The monoisotopic (exact) mass is 353 g/mol. The number of alkyl halides is 3. The van der Waals surface area contributed by atoms with Crippen molar-refractivity contribution in [2.75, 3.05) is 31.5 Å². The van der Waals surface area contributed by atoms with Gasteiger partial charge in [-0.3, -0.25) is 9.69 Å². The summed E-state index contributed by atoms with van der Waals surface area (Å²) in [6.45, 7) is 4.73. The van der Waals surface area contributed by atoms with Crippen molar-refractivity contribution in [2.24, 2.45) is 0 Å². The number of anilines is 1. The molecule has 9 heteroatoms. The largest absolute Gasteiger partial charge is 0.573 e. The summed E-state index contributed by atoms with van der Waals surface area (Å²) in [5.74, 6) is -0.514. The number of carbonyl (C=O) groups is 1. The van der Waals surface area contributed by atoms with Gasteiger partial charge < -0.3 is 15.4 Å². The maximum absolute atomic E-state index is 12.0. The van der Waals surface area contributed by atoms with Gasteiger partial charge in [0.05, 0.1) is 6.54 Å². The summed E-state index contributed by atoms with van der Waals surface area (Å²) in [6.07, 6.45) is -4.72. The zero-order valence-corrected chi connectivity index (χ0v) is 13.3. The summed E-state index contributed by atoms with van der Waals surface area (Å²) < 4.78 is 39.9. The number of amides is 1. The molecule has 2 N–H and O–H groups in total. The zero-order valence-electron chi connectivity index (χ0n) is 12.5. The third kappa shape index (κ3) is 6.64. The summed E-state index contributed by atoms with van der Waals surface area (Å²) >= 11 is 0. The van der Waals surface area contributed by atoms with Gasteiger partial charge in [0.1, 0.15) is 5.75 Å². The van der Waals surface area contributed by atoms with Gasteiger partial charge >= 0.3 is 6.36 Å². The Morgan fingerprint density at radius 2 is 2.04 bits per heavy atom. The average molecular weight is 354 g/mol. The third-order valence-electron chi connectivity index (χ3n) is 3.36. The molecule has 1 atom stereocenters. The second kappa shape index (κ2) is 8.37. The first-order valence-corrected chi connectivity index (χ1v) is 6.94. The highest BCUT2D eigenvalue weighted by atomic mass is 35.5. The van der Waals surface area contributed by atoms with E-state index in [-0.39, 0.29) is 36.7 Å². The SMILES string of the molecule is C[C@H]1CNCCN1CC(=O)Nc1ccc(OC(F)(F)F)cc1.Cl. The summed E-state index contributed by atoms with van der Waals surface area (Å²) in [4.78, 5) is 14.0. The van der Waals surface area contributed by atoms with Crippen molar-refractivity contribution in [3.8, 4) is 5.75 Å². The molecule has 1 fully saturated rings. The minimum absolute atomic E-state index is 0. The molecule has 1 aliphatic heterocycles. The minimum atomic E-state index is -4.72. The van der Waals surface area contributed by atoms with Crippen LogP contribution in [-0.2, 0) is 4.79 Å². The summed E-state index contributed by atoms with van der Waals surface area (Å²) in [5, 5.41) is 5.90. The van der Waals surface area contributed by atoms with Crippen molar-refractivity contribution in [1.82, 2.24) is 10.2 Å². The third-order valence-corrected chi connectivity index (χ3v) is 3.36. The first-order chi connectivity index (χ1) is 10.3. The molecule has 0 saturated carbocycles. The van der Waals surface area contributed by atoms with Crippen LogP contribution in [-0.4, -0.2) is 49.4 Å². The highest BCUT2D eigenvalue weighted by Crippen LogP contribution is 2.23. The number of nitrogens with zero attached hydrogens (tertiary/aromatic N) is 1. The lowest BCUT2D eigenvalue weighted by Gasteiger charge is -2.33. The Hall–Kier alpha value is -1.51. The Morgan fingerprint density at radius 3 is 2.61 bits per heavy atom. The van der Waals surface area contributed by atoms with Crippen LogP contribution in [0.4, 0.5) is 18.9 Å². The molecule has 1 amide bonds. The summed E-state index contributed by atoms with van der Waals surface area (Å²) in [7, 11) is 0. The minimum Gasteiger partial charge on any atom is -0.406 e. The molecule has 0 spiro atoms. The van der Waals surface area contributed by atoms with Gasteiger partial charge in [0.15, 0.2) is 0 Å². The van der Waals surface area contributed by atoms with Gasteiger partial charge in [-0.25, -0.2) is 0 Å². The Labute approximate surface area is 138 Å². The van der Waals surface area contributed by atoms with Crippen LogP contribution in [0.15, 0.2) is 24.3 Å². The first kappa shape index (κ1) is 19.5. The fourth-order valence-corrected chi connectivity index (χ4v) is 2.24. The van der Waals surface area contributed by atoms with Gasteiger partial charge in [0.25, 0.3) is 0 Å². The molecule has 1 aromatic rings. The molecular weight excluding hydrogens is 335 g/mol. The van der Waals surface area contributed by atoms with Crippen LogP contribution in [0.25, 0.3) is 0 Å². The van der Waals surface area contributed by atoms with Crippen molar-refractivity contribution >= 4 is 24.0 Å². The fraction of sp³-hybridized carbons (Fsp3) is 0.500. The fourth-order valence-electron chi connectivity index (χ4n) is 2.24. The molecule has 5 nitrogen and oxygen atoms in total. The van der Waals surface area contributed by atoms with Crippen molar-refractivity contribution in [1.29, 1.82) is 0 Å². The standard InChI is InChI=1S/C14H18F3N3O2.ClH/c1-10-8-18-6-7-20(10)9-13(21)19-11-2-4-12(5-3-11)22-14(15,16)17;/h2-5,10,18H,6-9H2,1H3,(H,19,21);1H/t10-;/m0./s1. The van der Waals surface area contributed by atoms with Gasteiger partial charge in [-0.1, -0.05) is 0 Å². The topological polar surface area (TPSA) is 53.6 Å². The van der Waals surface area contributed by atoms with E-state index in [1.807, 2.05) is 11.8 Å².